The third-order valence-electron chi connectivity index (χ3n) is 2.53. The first-order valence-corrected chi connectivity index (χ1v) is 6.50. The van der Waals surface area contributed by atoms with Crippen LogP contribution in [0.3, 0.4) is 0 Å². The fraction of sp³-hybridized carbons (Fsp3) is 0.385. The number of urea groups is 1. The molecule has 6 nitrogen and oxygen atoms in total. The van der Waals surface area contributed by atoms with Gasteiger partial charge in [-0.3, -0.25) is 0 Å². The Balaban J connectivity index is 2.46. The molecular weight excluding hydrogens is 282 g/mol. The Bertz CT molecular complexity index is 492. The summed E-state index contributed by atoms with van der Waals surface area (Å²) < 4.78 is 0. The van der Waals surface area contributed by atoms with Crippen LogP contribution in [0.1, 0.15) is 16.8 Å². The standard InChI is InChI=1S/C13H18ClN3O3/c1-17(2)7-3-6-15-13(20)16-9-4-5-10(12(18)19)11(14)8-9/h4-5,8H,3,6-7H2,1-2H3,(H,18,19)(H2,15,16,20). The van der Waals surface area contributed by atoms with Crippen molar-refractivity contribution in [2.24, 2.45) is 0 Å². The molecule has 0 aliphatic heterocycles. The fourth-order valence-corrected chi connectivity index (χ4v) is 1.80. The number of hydrogen-bond acceptors (Lipinski definition) is 3. The molecule has 0 unspecified atom stereocenters. The highest BCUT2D eigenvalue weighted by atomic mass is 35.5. The van der Waals surface area contributed by atoms with Gasteiger partial charge in [0.2, 0.25) is 0 Å². The van der Waals surface area contributed by atoms with Crippen molar-refractivity contribution in [3.05, 3.63) is 28.8 Å². The number of carbonyl (C=O) groups is 2. The van der Waals surface area contributed by atoms with Gasteiger partial charge in [0, 0.05) is 12.2 Å². The van der Waals surface area contributed by atoms with Gasteiger partial charge in [-0.1, -0.05) is 11.6 Å². The highest BCUT2D eigenvalue weighted by Crippen LogP contribution is 2.20. The van der Waals surface area contributed by atoms with Crippen molar-refractivity contribution in [2.45, 2.75) is 6.42 Å². The number of rotatable bonds is 6. The quantitative estimate of drug-likeness (QED) is 0.703. The van der Waals surface area contributed by atoms with E-state index in [0.29, 0.717) is 12.2 Å². The van der Waals surface area contributed by atoms with Crippen molar-refractivity contribution >= 4 is 29.3 Å². The molecule has 0 fully saturated rings. The molecule has 7 heteroatoms. The summed E-state index contributed by atoms with van der Waals surface area (Å²) in [5.41, 5.74) is 0.453. The van der Waals surface area contributed by atoms with Gasteiger partial charge in [-0.2, -0.15) is 0 Å². The monoisotopic (exact) mass is 299 g/mol. The Labute approximate surface area is 122 Å². The average molecular weight is 300 g/mol. The lowest BCUT2D eigenvalue weighted by Crippen LogP contribution is -2.31. The van der Waals surface area contributed by atoms with E-state index in [1.807, 2.05) is 19.0 Å². The normalized spacial score (nSPS) is 10.4. The molecule has 2 amide bonds. The van der Waals surface area contributed by atoms with Crippen molar-refractivity contribution in [2.75, 3.05) is 32.5 Å². The number of carboxylic acid groups (broad SMARTS) is 1. The first-order chi connectivity index (χ1) is 9.40. The first-order valence-electron chi connectivity index (χ1n) is 6.12. The third kappa shape index (κ3) is 5.46. The molecule has 110 valence electrons. The van der Waals surface area contributed by atoms with Crippen LogP contribution < -0.4 is 10.6 Å². The van der Waals surface area contributed by atoms with Crippen LogP contribution in [0.5, 0.6) is 0 Å². The summed E-state index contributed by atoms with van der Waals surface area (Å²) in [6.07, 6.45) is 0.846. The molecule has 0 spiro atoms. The van der Waals surface area contributed by atoms with Crippen molar-refractivity contribution in [3.63, 3.8) is 0 Å². The van der Waals surface area contributed by atoms with Gasteiger partial charge in [0.15, 0.2) is 0 Å². The van der Waals surface area contributed by atoms with Crippen LogP contribution in [0.25, 0.3) is 0 Å². The second-order valence-electron chi connectivity index (χ2n) is 4.54. The van der Waals surface area contributed by atoms with Gasteiger partial charge in [0.25, 0.3) is 0 Å². The number of hydrogen-bond donors (Lipinski definition) is 3. The molecule has 3 N–H and O–H groups in total. The molecule has 0 bridgehead atoms. The molecule has 0 atom stereocenters. The van der Waals surface area contributed by atoms with Crippen LogP contribution >= 0.6 is 11.6 Å². The number of halogens is 1. The Morgan fingerprint density at radius 1 is 1.35 bits per heavy atom. The summed E-state index contributed by atoms with van der Waals surface area (Å²) in [5.74, 6) is -1.10. The van der Waals surface area contributed by atoms with E-state index in [0.717, 1.165) is 13.0 Å². The molecule has 20 heavy (non-hydrogen) atoms. The summed E-state index contributed by atoms with van der Waals surface area (Å²) in [6.45, 7) is 1.45. The molecule has 0 aliphatic carbocycles. The van der Waals surface area contributed by atoms with Crippen LogP contribution in [0.15, 0.2) is 18.2 Å². The predicted molar refractivity (Wildman–Crippen MR) is 78.6 cm³/mol. The fourth-order valence-electron chi connectivity index (χ4n) is 1.54. The maximum absolute atomic E-state index is 11.6. The van der Waals surface area contributed by atoms with E-state index >= 15 is 0 Å². The molecule has 0 aliphatic rings. The number of nitrogens with zero attached hydrogens (tertiary/aromatic N) is 1. The van der Waals surface area contributed by atoms with Gasteiger partial charge >= 0.3 is 12.0 Å². The maximum Gasteiger partial charge on any atom is 0.337 e. The minimum atomic E-state index is -1.10. The van der Waals surface area contributed by atoms with E-state index < -0.39 is 5.97 Å². The van der Waals surface area contributed by atoms with Gasteiger partial charge < -0.3 is 20.6 Å². The number of carboxylic acids is 1. The zero-order valence-electron chi connectivity index (χ0n) is 11.4. The van der Waals surface area contributed by atoms with Crippen molar-refractivity contribution in [3.8, 4) is 0 Å². The molecule has 0 saturated carbocycles. The minimum absolute atomic E-state index is 0.00334. The third-order valence-corrected chi connectivity index (χ3v) is 2.84. The van der Waals surface area contributed by atoms with Gasteiger partial charge in [-0.15, -0.1) is 0 Å². The van der Waals surface area contributed by atoms with Gasteiger partial charge in [-0.05, 0) is 45.3 Å². The van der Waals surface area contributed by atoms with Gasteiger partial charge in [0.1, 0.15) is 0 Å². The summed E-state index contributed by atoms with van der Waals surface area (Å²) in [4.78, 5) is 24.4. The zero-order valence-corrected chi connectivity index (χ0v) is 12.2. The Morgan fingerprint density at radius 2 is 2.05 bits per heavy atom. The SMILES string of the molecule is CN(C)CCCNC(=O)Nc1ccc(C(=O)O)c(Cl)c1. The van der Waals surface area contributed by atoms with Crippen molar-refractivity contribution in [1.82, 2.24) is 10.2 Å². The maximum atomic E-state index is 11.6. The molecular formula is C13H18ClN3O3. The van der Waals surface area contributed by atoms with E-state index in [2.05, 4.69) is 10.6 Å². The summed E-state index contributed by atoms with van der Waals surface area (Å²) >= 11 is 5.81. The van der Waals surface area contributed by atoms with Gasteiger partial charge in [0.05, 0.1) is 10.6 Å². The lowest BCUT2D eigenvalue weighted by molar-refractivity contribution is 0.0697. The van der Waals surface area contributed by atoms with Crippen molar-refractivity contribution in [1.29, 1.82) is 0 Å². The number of carbonyl (C=O) groups excluding carboxylic acids is 1. The Kier molecular flexibility index (Phi) is 6.27. The molecule has 1 rings (SSSR count). The average Bonchev–Trinajstić information content (AvgIpc) is 2.34. The first kappa shape index (κ1) is 16.3. The van der Waals surface area contributed by atoms with Crippen molar-refractivity contribution < 1.29 is 14.7 Å². The summed E-state index contributed by atoms with van der Waals surface area (Å²) in [6, 6.07) is 3.91. The number of benzene rings is 1. The van der Waals surface area contributed by atoms with Crippen LogP contribution in [0, 0.1) is 0 Å². The summed E-state index contributed by atoms with van der Waals surface area (Å²) in [5, 5.41) is 14.2. The summed E-state index contributed by atoms with van der Waals surface area (Å²) in [7, 11) is 3.93. The van der Waals surface area contributed by atoms with E-state index in [1.54, 1.807) is 0 Å². The molecule has 0 aromatic heterocycles. The minimum Gasteiger partial charge on any atom is -0.478 e. The lowest BCUT2D eigenvalue weighted by Gasteiger charge is -2.11. The number of anilines is 1. The van der Waals surface area contributed by atoms with E-state index in [-0.39, 0.29) is 16.6 Å². The van der Waals surface area contributed by atoms with Crippen LogP contribution in [0.2, 0.25) is 5.02 Å². The number of aromatic carboxylic acids is 1. The Hall–Kier alpha value is -1.79. The van der Waals surface area contributed by atoms with Gasteiger partial charge in [-0.25, -0.2) is 9.59 Å². The lowest BCUT2D eigenvalue weighted by atomic mass is 10.2. The topological polar surface area (TPSA) is 81.7 Å². The van der Waals surface area contributed by atoms with E-state index in [9.17, 15) is 9.59 Å². The highest BCUT2D eigenvalue weighted by Gasteiger charge is 2.09. The second kappa shape index (κ2) is 7.72. The largest absolute Gasteiger partial charge is 0.478 e. The molecule has 0 radical (unpaired) electrons. The number of nitrogens with one attached hydrogen (secondary N) is 2. The number of amides is 2. The Morgan fingerprint density at radius 3 is 2.60 bits per heavy atom. The molecule has 1 aromatic rings. The van der Waals surface area contributed by atoms with Crippen LogP contribution in [0.4, 0.5) is 10.5 Å². The molecule has 1 aromatic carbocycles. The highest BCUT2D eigenvalue weighted by molar-refractivity contribution is 6.33. The van der Waals surface area contributed by atoms with Crippen LogP contribution in [-0.2, 0) is 0 Å². The predicted octanol–water partition coefficient (Wildman–Crippen LogP) is 2.11. The second-order valence-corrected chi connectivity index (χ2v) is 4.94. The molecule has 0 saturated heterocycles. The molecule has 0 heterocycles. The van der Waals surface area contributed by atoms with E-state index in [1.165, 1.54) is 18.2 Å². The zero-order chi connectivity index (χ0) is 15.1. The smallest absolute Gasteiger partial charge is 0.337 e. The van der Waals surface area contributed by atoms with Crippen LogP contribution in [-0.4, -0.2) is 49.2 Å². The van der Waals surface area contributed by atoms with E-state index in [4.69, 9.17) is 16.7 Å².